The fourth-order valence-corrected chi connectivity index (χ4v) is 4.74. The third-order valence-corrected chi connectivity index (χ3v) is 7.09. The van der Waals surface area contributed by atoms with E-state index in [0.29, 0.717) is 5.56 Å². The van der Waals surface area contributed by atoms with Crippen LogP contribution in [0.25, 0.3) is 30.4 Å². The summed E-state index contributed by atoms with van der Waals surface area (Å²) >= 11 is 0. The van der Waals surface area contributed by atoms with Gasteiger partial charge in [-0.1, -0.05) is 146 Å². The second-order valence-corrected chi connectivity index (χ2v) is 10.3. The lowest BCUT2D eigenvalue weighted by molar-refractivity contribution is -0.132. The first kappa shape index (κ1) is 31.0. The molecule has 5 aromatic carbocycles. The molecule has 0 unspecified atom stereocenters. The molecule has 1 N–H and O–H groups in total. The minimum Gasteiger partial charge on any atom is -0.477 e. The molecule has 4 nitrogen and oxygen atoms in total. The van der Waals surface area contributed by atoms with Gasteiger partial charge >= 0.3 is 5.97 Å². The Kier molecular flexibility index (Phi) is 10.7. The van der Waals surface area contributed by atoms with E-state index in [2.05, 4.69) is 102 Å². The van der Waals surface area contributed by atoms with Crippen LogP contribution in [0.3, 0.4) is 0 Å². The van der Waals surface area contributed by atoms with Gasteiger partial charge in [0.05, 0.1) is 0 Å². The number of hydrogen-bond donors (Lipinski definition) is 1. The first-order valence-corrected chi connectivity index (χ1v) is 14.8. The Morgan fingerprint density at radius 1 is 0.500 bits per heavy atom. The molecule has 4 heteroatoms. The maximum absolute atomic E-state index is 11.3. The van der Waals surface area contributed by atoms with Crippen LogP contribution in [0.4, 0.5) is 17.1 Å². The molecule has 0 fully saturated rings. The van der Waals surface area contributed by atoms with Crippen molar-refractivity contribution in [1.29, 1.82) is 5.26 Å². The van der Waals surface area contributed by atoms with Crippen LogP contribution in [0, 0.1) is 11.3 Å². The molecule has 5 aromatic rings. The highest BCUT2D eigenvalue weighted by Gasteiger charge is 2.13. The smallest absolute Gasteiger partial charge is 0.346 e. The standard InChI is InChI=1S/C42H32N2O2/c43-32-38(42(45)46)31-37-23-29-41(30-24-37)44(39-25-19-35(20-26-39)17-9-7-15-33-11-3-1-4-12-33)40-27-21-36(22-28-40)18-10-8-16-34-13-5-2-6-14-34/h1-31H,(H,45,46)/b15-7+,16-8+,17-9+,18-10+,38-31+. The van der Waals surface area contributed by atoms with E-state index in [9.17, 15) is 9.90 Å². The fraction of sp³-hybridized carbons (Fsp3) is 0. The summed E-state index contributed by atoms with van der Waals surface area (Å²) in [6.45, 7) is 0. The predicted octanol–water partition coefficient (Wildman–Crippen LogP) is 10.6. The van der Waals surface area contributed by atoms with E-state index in [-0.39, 0.29) is 5.57 Å². The van der Waals surface area contributed by atoms with Crippen LogP contribution in [0.2, 0.25) is 0 Å². The molecule has 0 saturated heterocycles. The number of nitriles is 1. The molecule has 0 aliphatic heterocycles. The quantitative estimate of drug-likeness (QED) is 0.0936. The second-order valence-electron chi connectivity index (χ2n) is 10.3. The van der Waals surface area contributed by atoms with Gasteiger partial charge < -0.3 is 10.0 Å². The molecule has 0 radical (unpaired) electrons. The Bertz CT molecular complexity index is 1820. The number of aliphatic carboxylic acids is 1. The molecular formula is C42H32N2O2. The number of carbonyl (C=O) groups is 1. The van der Waals surface area contributed by atoms with Gasteiger partial charge in [0.15, 0.2) is 0 Å². The topological polar surface area (TPSA) is 64.3 Å². The Labute approximate surface area is 270 Å². The maximum atomic E-state index is 11.3. The van der Waals surface area contributed by atoms with Crippen molar-refractivity contribution in [2.45, 2.75) is 0 Å². The van der Waals surface area contributed by atoms with Gasteiger partial charge in [-0.15, -0.1) is 0 Å². The Hall–Kier alpha value is -6.44. The molecular weight excluding hydrogens is 564 g/mol. The number of carboxylic acid groups (broad SMARTS) is 1. The van der Waals surface area contributed by atoms with Crippen LogP contribution >= 0.6 is 0 Å². The van der Waals surface area contributed by atoms with E-state index in [4.69, 9.17) is 5.26 Å². The maximum Gasteiger partial charge on any atom is 0.346 e. The number of allylic oxidation sites excluding steroid dienone is 4. The van der Waals surface area contributed by atoms with Crippen molar-refractivity contribution in [3.63, 3.8) is 0 Å². The highest BCUT2D eigenvalue weighted by atomic mass is 16.4. The van der Waals surface area contributed by atoms with Crippen molar-refractivity contribution in [2.24, 2.45) is 0 Å². The molecule has 0 aliphatic carbocycles. The SMILES string of the molecule is N#C/C(=C\c1ccc(N(c2ccc(/C=C/C=C/c3ccccc3)cc2)c2ccc(/C=C/C=C/c3ccccc3)cc2)cc1)C(=O)O. The summed E-state index contributed by atoms with van der Waals surface area (Å²) in [6, 6.07) is 46.2. The van der Waals surface area contributed by atoms with Crippen LogP contribution in [-0.2, 0) is 4.79 Å². The van der Waals surface area contributed by atoms with Gasteiger partial charge in [-0.2, -0.15) is 5.26 Å². The van der Waals surface area contributed by atoms with Gasteiger partial charge in [-0.05, 0) is 70.3 Å². The molecule has 0 saturated carbocycles. The number of benzene rings is 5. The van der Waals surface area contributed by atoms with E-state index in [1.807, 2.05) is 85.0 Å². The number of hydrogen-bond acceptors (Lipinski definition) is 3. The highest BCUT2D eigenvalue weighted by Crippen LogP contribution is 2.35. The third kappa shape index (κ3) is 8.79. The summed E-state index contributed by atoms with van der Waals surface area (Å²) in [5, 5.41) is 18.4. The van der Waals surface area contributed by atoms with E-state index in [1.165, 1.54) is 6.08 Å². The Balaban J connectivity index is 1.39. The van der Waals surface area contributed by atoms with Gasteiger partial charge in [0.25, 0.3) is 0 Å². The minimum absolute atomic E-state index is 0.311. The molecule has 0 heterocycles. The highest BCUT2D eigenvalue weighted by molar-refractivity contribution is 5.96. The van der Waals surface area contributed by atoms with Crippen LogP contribution in [-0.4, -0.2) is 11.1 Å². The van der Waals surface area contributed by atoms with E-state index in [1.54, 1.807) is 6.07 Å². The molecule has 46 heavy (non-hydrogen) atoms. The summed E-state index contributed by atoms with van der Waals surface area (Å²) in [5.41, 5.74) is 7.61. The van der Waals surface area contributed by atoms with E-state index in [0.717, 1.165) is 39.3 Å². The summed E-state index contributed by atoms with van der Waals surface area (Å²) in [6.07, 6.45) is 17.8. The number of carboxylic acids is 1. The third-order valence-electron chi connectivity index (χ3n) is 7.09. The predicted molar refractivity (Wildman–Crippen MR) is 191 cm³/mol. The van der Waals surface area contributed by atoms with E-state index >= 15 is 0 Å². The average molecular weight is 597 g/mol. The van der Waals surface area contributed by atoms with Crippen molar-refractivity contribution < 1.29 is 9.90 Å². The number of nitrogens with zero attached hydrogens (tertiary/aromatic N) is 2. The van der Waals surface area contributed by atoms with Gasteiger partial charge in [0.1, 0.15) is 11.6 Å². The van der Waals surface area contributed by atoms with Crippen LogP contribution in [0.5, 0.6) is 0 Å². The van der Waals surface area contributed by atoms with Crippen LogP contribution in [0.15, 0.2) is 163 Å². The molecule has 0 aliphatic rings. The van der Waals surface area contributed by atoms with Crippen molar-refractivity contribution in [3.8, 4) is 6.07 Å². The molecule has 0 atom stereocenters. The zero-order valence-corrected chi connectivity index (χ0v) is 25.1. The summed E-state index contributed by atoms with van der Waals surface area (Å²) in [4.78, 5) is 13.5. The first-order chi connectivity index (χ1) is 22.6. The normalized spacial score (nSPS) is 11.8. The molecule has 0 spiro atoms. The summed E-state index contributed by atoms with van der Waals surface area (Å²) < 4.78 is 0. The second kappa shape index (κ2) is 15.9. The summed E-state index contributed by atoms with van der Waals surface area (Å²) in [7, 11) is 0. The van der Waals surface area contributed by atoms with Crippen molar-refractivity contribution in [2.75, 3.05) is 4.90 Å². The lowest BCUT2D eigenvalue weighted by atomic mass is 10.1. The Morgan fingerprint density at radius 3 is 1.15 bits per heavy atom. The average Bonchev–Trinajstić information content (AvgIpc) is 3.10. The van der Waals surface area contributed by atoms with Crippen molar-refractivity contribution in [3.05, 3.63) is 191 Å². The van der Waals surface area contributed by atoms with Gasteiger partial charge in [-0.3, -0.25) is 0 Å². The van der Waals surface area contributed by atoms with Crippen molar-refractivity contribution in [1.82, 2.24) is 0 Å². The van der Waals surface area contributed by atoms with Gasteiger partial charge in [0, 0.05) is 17.1 Å². The van der Waals surface area contributed by atoms with Gasteiger partial charge in [0.2, 0.25) is 0 Å². The zero-order chi connectivity index (χ0) is 32.0. The first-order valence-electron chi connectivity index (χ1n) is 14.8. The number of rotatable bonds is 11. The van der Waals surface area contributed by atoms with Gasteiger partial charge in [-0.25, -0.2) is 4.79 Å². The fourth-order valence-electron chi connectivity index (χ4n) is 4.74. The van der Waals surface area contributed by atoms with Crippen LogP contribution in [0.1, 0.15) is 27.8 Å². The molecule has 0 bridgehead atoms. The minimum atomic E-state index is -1.25. The largest absolute Gasteiger partial charge is 0.477 e. The molecule has 222 valence electrons. The molecule has 0 amide bonds. The van der Waals surface area contributed by atoms with Crippen LogP contribution < -0.4 is 4.90 Å². The van der Waals surface area contributed by atoms with Crippen molar-refractivity contribution >= 4 is 53.4 Å². The lowest BCUT2D eigenvalue weighted by Crippen LogP contribution is -2.09. The van der Waals surface area contributed by atoms with E-state index < -0.39 is 5.97 Å². The Morgan fingerprint density at radius 2 is 0.826 bits per heavy atom. The summed E-state index contributed by atoms with van der Waals surface area (Å²) in [5.74, 6) is -1.25. The molecule has 5 rings (SSSR count). The number of anilines is 3. The molecule has 0 aromatic heterocycles. The zero-order valence-electron chi connectivity index (χ0n) is 25.1. The lowest BCUT2D eigenvalue weighted by Gasteiger charge is -2.26. The monoisotopic (exact) mass is 596 g/mol.